The number of benzene rings is 3. The van der Waals surface area contributed by atoms with E-state index in [4.69, 9.17) is 4.98 Å². The fraction of sp³-hybridized carbons (Fsp3) is 0.0800. The second-order valence-electron chi connectivity index (χ2n) is 6.63. The van der Waals surface area contributed by atoms with E-state index < -0.39 is 0 Å². The van der Waals surface area contributed by atoms with Crippen molar-refractivity contribution in [3.05, 3.63) is 102 Å². The molecule has 4 aromatic rings. The summed E-state index contributed by atoms with van der Waals surface area (Å²) in [6.45, 7) is 4.28. The maximum absolute atomic E-state index is 5.01. The Morgan fingerprint density at radius 2 is 1.26 bits per heavy atom. The average Bonchev–Trinajstić information content (AvgIpc) is 2.72. The first kappa shape index (κ1) is 17.6. The van der Waals surface area contributed by atoms with Gasteiger partial charge in [-0.15, -0.1) is 0 Å². The lowest BCUT2D eigenvalue weighted by Crippen LogP contribution is -1.94. The number of aromatic nitrogens is 1. The topological polar surface area (TPSA) is 12.9 Å². The van der Waals surface area contributed by atoms with E-state index in [1.807, 2.05) is 6.07 Å². The standard InChI is InChI=1S/C25H21NS/c1-18-13-15-22(16-14-18)27-25-19(2)23(20-9-5-3-6-10-20)17-24(26-25)21-11-7-4-8-12-21/h3-17H,1-2H3. The Labute approximate surface area is 165 Å². The van der Waals surface area contributed by atoms with Gasteiger partial charge in [0.05, 0.1) is 5.69 Å². The van der Waals surface area contributed by atoms with E-state index in [1.54, 1.807) is 11.8 Å². The van der Waals surface area contributed by atoms with Crippen molar-refractivity contribution in [2.24, 2.45) is 0 Å². The number of nitrogens with zero attached hydrogens (tertiary/aromatic N) is 1. The van der Waals surface area contributed by atoms with Crippen molar-refractivity contribution >= 4 is 11.8 Å². The zero-order valence-corrected chi connectivity index (χ0v) is 16.3. The largest absolute Gasteiger partial charge is 0.241 e. The molecule has 0 aliphatic rings. The SMILES string of the molecule is Cc1ccc(Sc2nc(-c3ccccc3)cc(-c3ccccc3)c2C)cc1. The first-order valence-corrected chi connectivity index (χ1v) is 9.89. The summed E-state index contributed by atoms with van der Waals surface area (Å²) >= 11 is 1.73. The van der Waals surface area contributed by atoms with E-state index in [9.17, 15) is 0 Å². The van der Waals surface area contributed by atoms with Crippen LogP contribution in [-0.4, -0.2) is 4.98 Å². The molecule has 2 heteroatoms. The maximum atomic E-state index is 5.01. The van der Waals surface area contributed by atoms with Gasteiger partial charge >= 0.3 is 0 Å². The minimum absolute atomic E-state index is 1.01. The minimum atomic E-state index is 1.01. The summed E-state index contributed by atoms with van der Waals surface area (Å²) in [5.74, 6) is 0. The number of hydrogen-bond acceptors (Lipinski definition) is 2. The lowest BCUT2D eigenvalue weighted by molar-refractivity contribution is 1.09. The summed E-state index contributed by atoms with van der Waals surface area (Å²) in [4.78, 5) is 6.22. The molecule has 0 bridgehead atoms. The Hall–Kier alpha value is -2.84. The fourth-order valence-electron chi connectivity index (χ4n) is 3.08. The number of rotatable bonds is 4. The lowest BCUT2D eigenvalue weighted by atomic mass is 9.99. The molecular formula is C25H21NS. The molecule has 4 rings (SSSR count). The van der Waals surface area contributed by atoms with Crippen LogP contribution in [0.15, 0.2) is 101 Å². The van der Waals surface area contributed by atoms with Gasteiger partial charge < -0.3 is 0 Å². The van der Waals surface area contributed by atoms with E-state index in [1.165, 1.54) is 27.1 Å². The van der Waals surface area contributed by atoms with E-state index in [0.717, 1.165) is 16.3 Å². The van der Waals surface area contributed by atoms with E-state index in [0.29, 0.717) is 0 Å². The van der Waals surface area contributed by atoms with Crippen LogP contribution in [-0.2, 0) is 0 Å². The summed E-state index contributed by atoms with van der Waals surface area (Å²) in [7, 11) is 0. The van der Waals surface area contributed by atoms with Crippen molar-refractivity contribution in [1.82, 2.24) is 4.98 Å². The Morgan fingerprint density at radius 1 is 0.667 bits per heavy atom. The maximum Gasteiger partial charge on any atom is 0.105 e. The Kier molecular flexibility index (Phi) is 5.08. The molecule has 0 fully saturated rings. The summed E-state index contributed by atoms with van der Waals surface area (Å²) in [6.07, 6.45) is 0. The van der Waals surface area contributed by atoms with Crippen LogP contribution < -0.4 is 0 Å². The van der Waals surface area contributed by atoms with Gasteiger partial charge in [-0.25, -0.2) is 4.98 Å². The fourth-order valence-corrected chi connectivity index (χ4v) is 3.98. The van der Waals surface area contributed by atoms with Crippen LogP contribution in [0.5, 0.6) is 0 Å². The van der Waals surface area contributed by atoms with Crippen LogP contribution in [0.25, 0.3) is 22.4 Å². The number of aryl methyl sites for hydroxylation is 1. The molecule has 0 saturated heterocycles. The Bertz CT molecular complexity index is 1040. The molecule has 0 saturated carbocycles. The third-order valence-corrected chi connectivity index (χ3v) is 5.72. The molecule has 1 aromatic heterocycles. The first-order chi connectivity index (χ1) is 13.2. The van der Waals surface area contributed by atoms with Crippen molar-refractivity contribution in [3.63, 3.8) is 0 Å². The molecule has 0 N–H and O–H groups in total. The van der Waals surface area contributed by atoms with Crippen molar-refractivity contribution in [2.45, 2.75) is 23.8 Å². The molecule has 0 radical (unpaired) electrons. The van der Waals surface area contributed by atoms with Crippen LogP contribution in [0.1, 0.15) is 11.1 Å². The Morgan fingerprint density at radius 3 is 1.89 bits per heavy atom. The van der Waals surface area contributed by atoms with Gasteiger partial charge in [-0.1, -0.05) is 90.1 Å². The van der Waals surface area contributed by atoms with Gasteiger partial charge in [-0.05, 0) is 48.7 Å². The molecule has 27 heavy (non-hydrogen) atoms. The van der Waals surface area contributed by atoms with Crippen LogP contribution in [0.2, 0.25) is 0 Å². The quantitative estimate of drug-likeness (QED) is 0.379. The molecular weight excluding hydrogens is 346 g/mol. The Balaban J connectivity index is 1.85. The van der Waals surface area contributed by atoms with Crippen LogP contribution >= 0.6 is 11.8 Å². The summed E-state index contributed by atoms with van der Waals surface area (Å²) in [5, 5.41) is 1.05. The van der Waals surface area contributed by atoms with Crippen LogP contribution in [0.4, 0.5) is 0 Å². The highest BCUT2D eigenvalue weighted by atomic mass is 32.2. The van der Waals surface area contributed by atoms with Gasteiger partial charge in [0, 0.05) is 10.5 Å². The summed E-state index contributed by atoms with van der Waals surface area (Å²) in [5.41, 5.74) is 7.09. The highest BCUT2D eigenvalue weighted by Gasteiger charge is 2.13. The second kappa shape index (κ2) is 7.81. The van der Waals surface area contributed by atoms with Gasteiger partial charge in [-0.2, -0.15) is 0 Å². The molecule has 0 unspecified atom stereocenters. The van der Waals surface area contributed by atoms with Crippen LogP contribution in [0.3, 0.4) is 0 Å². The third kappa shape index (κ3) is 3.96. The summed E-state index contributed by atoms with van der Waals surface area (Å²) in [6, 6.07) is 31.8. The van der Waals surface area contributed by atoms with E-state index in [2.05, 4.69) is 98.8 Å². The second-order valence-corrected chi connectivity index (χ2v) is 7.69. The molecule has 0 aliphatic carbocycles. The van der Waals surface area contributed by atoms with Gasteiger partial charge in [-0.3, -0.25) is 0 Å². The first-order valence-electron chi connectivity index (χ1n) is 9.08. The molecule has 3 aromatic carbocycles. The van der Waals surface area contributed by atoms with Crippen molar-refractivity contribution < 1.29 is 0 Å². The average molecular weight is 368 g/mol. The highest BCUT2D eigenvalue weighted by Crippen LogP contribution is 2.36. The van der Waals surface area contributed by atoms with Crippen LogP contribution in [0, 0.1) is 13.8 Å². The highest BCUT2D eigenvalue weighted by molar-refractivity contribution is 7.99. The van der Waals surface area contributed by atoms with E-state index >= 15 is 0 Å². The monoisotopic (exact) mass is 367 g/mol. The lowest BCUT2D eigenvalue weighted by Gasteiger charge is -2.14. The number of pyridine rings is 1. The third-order valence-electron chi connectivity index (χ3n) is 4.62. The summed E-state index contributed by atoms with van der Waals surface area (Å²) < 4.78 is 0. The molecule has 132 valence electrons. The zero-order valence-electron chi connectivity index (χ0n) is 15.5. The van der Waals surface area contributed by atoms with Gasteiger partial charge in [0.25, 0.3) is 0 Å². The van der Waals surface area contributed by atoms with Crippen molar-refractivity contribution in [3.8, 4) is 22.4 Å². The molecule has 0 spiro atoms. The normalized spacial score (nSPS) is 10.7. The smallest absolute Gasteiger partial charge is 0.105 e. The predicted molar refractivity (Wildman–Crippen MR) is 115 cm³/mol. The van der Waals surface area contributed by atoms with Crippen molar-refractivity contribution in [1.29, 1.82) is 0 Å². The molecule has 0 aliphatic heterocycles. The van der Waals surface area contributed by atoms with Gasteiger partial charge in [0.2, 0.25) is 0 Å². The minimum Gasteiger partial charge on any atom is -0.241 e. The predicted octanol–water partition coefficient (Wildman–Crippen LogP) is 7.18. The molecule has 1 nitrogen and oxygen atoms in total. The van der Waals surface area contributed by atoms with E-state index in [-0.39, 0.29) is 0 Å². The molecule has 0 amide bonds. The van der Waals surface area contributed by atoms with Gasteiger partial charge in [0.15, 0.2) is 0 Å². The molecule has 1 heterocycles. The number of hydrogen-bond donors (Lipinski definition) is 0. The van der Waals surface area contributed by atoms with Gasteiger partial charge in [0.1, 0.15) is 5.03 Å². The molecule has 0 atom stereocenters. The zero-order chi connectivity index (χ0) is 18.6. The van der Waals surface area contributed by atoms with Crippen molar-refractivity contribution in [2.75, 3.05) is 0 Å².